The van der Waals surface area contributed by atoms with Gasteiger partial charge in [0.05, 0.1) is 24.1 Å². The lowest BCUT2D eigenvalue weighted by molar-refractivity contribution is -0.137. The summed E-state index contributed by atoms with van der Waals surface area (Å²) >= 11 is 0.201. The summed E-state index contributed by atoms with van der Waals surface area (Å²) in [6.45, 7) is -10.1. The summed E-state index contributed by atoms with van der Waals surface area (Å²) in [5.41, 5.74) is -4.45. The highest BCUT2D eigenvalue weighted by molar-refractivity contribution is 7.98. The summed E-state index contributed by atoms with van der Waals surface area (Å²) < 4.78 is 175. The van der Waals surface area contributed by atoms with E-state index in [0.717, 1.165) is 41.0 Å². The quantitative estimate of drug-likeness (QED) is 0.0949. The normalized spacial score (nSPS) is 22.1. The topological polar surface area (TPSA) is 54.8 Å². The van der Waals surface area contributed by atoms with Crippen LogP contribution in [0.1, 0.15) is 44.5 Å². The molecule has 6 rings (SSSR count). The van der Waals surface area contributed by atoms with Crippen LogP contribution in [0.2, 0.25) is 0 Å². The average molecular weight is 747 g/mol. The molecule has 2 heterocycles. The second-order valence-electron chi connectivity index (χ2n) is 11.5. The summed E-state index contributed by atoms with van der Waals surface area (Å²) in [6.07, 6.45) is -12.2. The molecule has 1 fully saturated rings. The van der Waals surface area contributed by atoms with Crippen molar-refractivity contribution in [2.75, 3.05) is 33.3 Å². The van der Waals surface area contributed by atoms with Gasteiger partial charge in [-0.3, -0.25) is 9.59 Å². The molecule has 272 valence electrons. The minimum Gasteiger partial charge on any atom is -0.383 e. The number of methoxy groups -OCH3 is 1. The van der Waals surface area contributed by atoms with Crippen LogP contribution in [0.15, 0.2) is 107 Å². The van der Waals surface area contributed by atoms with Crippen molar-refractivity contribution in [3.63, 3.8) is 0 Å². The Kier molecular flexibility index (Phi) is 8.05. The van der Waals surface area contributed by atoms with Gasteiger partial charge in [0.25, 0.3) is 0 Å². The number of carbonyl (C=O) groups excluding carboxylic acids is 1. The molecule has 4 aromatic carbocycles. The first-order chi connectivity index (χ1) is 29.1. The SMILES string of the molecule is [2H]C([2H])(Sc1cc(=O)c2ccccc2n1CC(=O)N(Cc1ccc(-c2ccc(C(F)(F)F)cc2)cc1)C1([2H])C([2H])([2H])C([2H])([2H])N(CCOC)C([2H])([2H])C1([2H])[2H])c1cccc(F)c1F. The largest absolute Gasteiger partial charge is 0.416 e. The van der Waals surface area contributed by atoms with Crippen molar-refractivity contribution in [1.29, 1.82) is 0 Å². The molecule has 0 unspecified atom stereocenters. The van der Waals surface area contributed by atoms with E-state index in [1.165, 1.54) is 67.8 Å². The van der Waals surface area contributed by atoms with Crippen molar-refractivity contribution in [2.45, 2.75) is 48.8 Å². The number of rotatable bonds is 12. The maximum atomic E-state index is 15.1. The van der Waals surface area contributed by atoms with E-state index in [4.69, 9.17) is 13.0 Å². The molecule has 1 saturated heterocycles. The molecular weight excluding hydrogens is 698 g/mol. The lowest BCUT2D eigenvalue weighted by atomic mass is 10.00. The van der Waals surface area contributed by atoms with E-state index in [-0.39, 0.29) is 38.2 Å². The highest BCUT2D eigenvalue weighted by atomic mass is 32.2. The van der Waals surface area contributed by atoms with E-state index in [1.807, 2.05) is 0 Å². The third-order valence-electron chi connectivity index (χ3n) is 8.04. The van der Waals surface area contributed by atoms with Gasteiger partial charge in [-0.15, -0.1) is 11.8 Å². The molecule has 12 heteroatoms. The molecule has 0 aliphatic carbocycles. The Bertz CT molecular complexity index is 2550. The third kappa shape index (κ3) is 8.74. The number of thioether (sulfide) groups is 1. The van der Waals surface area contributed by atoms with Crippen LogP contribution < -0.4 is 5.43 Å². The van der Waals surface area contributed by atoms with Crippen molar-refractivity contribution in [1.82, 2.24) is 14.4 Å². The van der Waals surface area contributed by atoms with Crippen LogP contribution in [0.5, 0.6) is 0 Å². The average Bonchev–Trinajstić information content (AvgIpc) is 3.21. The molecule has 6 nitrogen and oxygen atoms in total. The van der Waals surface area contributed by atoms with E-state index >= 15 is 4.79 Å². The van der Waals surface area contributed by atoms with E-state index in [1.54, 1.807) is 0 Å². The number of ether oxygens (including phenoxy) is 1. The van der Waals surface area contributed by atoms with Crippen molar-refractivity contribution in [3.8, 4) is 11.1 Å². The number of pyridine rings is 1. The van der Waals surface area contributed by atoms with Crippen molar-refractivity contribution in [3.05, 3.63) is 136 Å². The summed E-state index contributed by atoms with van der Waals surface area (Å²) in [5, 5.41) is -0.380. The summed E-state index contributed by atoms with van der Waals surface area (Å²) in [5.74, 6) is -4.25. The first-order valence-corrected chi connectivity index (χ1v) is 16.6. The minimum atomic E-state index is -4.60. The molecule has 1 aliphatic heterocycles. The van der Waals surface area contributed by atoms with Gasteiger partial charge in [-0.1, -0.05) is 60.7 Å². The maximum Gasteiger partial charge on any atom is 0.416 e. The molecule has 0 radical (unpaired) electrons. The van der Waals surface area contributed by atoms with Crippen LogP contribution >= 0.6 is 11.8 Å². The predicted octanol–water partition coefficient (Wildman–Crippen LogP) is 8.40. The van der Waals surface area contributed by atoms with Crippen LogP contribution in [-0.4, -0.2) is 59.5 Å². The molecule has 0 atom stereocenters. The lowest BCUT2D eigenvalue weighted by Gasteiger charge is -2.39. The van der Waals surface area contributed by atoms with Crippen LogP contribution in [-0.2, 0) is 34.5 Å². The van der Waals surface area contributed by atoms with Gasteiger partial charge >= 0.3 is 6.18 Å². The van der Waals surface area contributed by atoms with Gasteiger partial charge in [0.15, 0.2) is 17.1 Å². The molecule has 0 saturated carbocycles. The zero-order chi connectivity index (χ0) is 46.7. The number of carbonyl (C=O) groups is 1. The van der Waals surface area contributed by atoms with Gasteiger partial charge in [-0.2, -0.15) is 13.2 Å². The number of benzene rings is 4. The monoisotopic (exact) mass is 746 g/mol. The number of halogens is 5. The van der Waals surface area contributed by atoms with Gasteiger partial charge in [0.2, 0.25) is 5.91 Å². The molecule has 1 amide bonds. The highest BCUT2D eigenvalue weighted by Crippen LogP contribution is 2.32. The second-order valence-corrected chi connectivity index (χ2v) is 12.3. The molecular formula is C40H38F5N3O3S. The smallest absolute Gasteiger partial charge is 0.383 e. The van der Waals surface area contributed by atoms with E-state index < -0.39 is 104 Å². The Balaban J connectivity index is 1.52. The van der Waals surface area contributed by atoms with Gasteiger partial charge in [-0.05, 0) is 59.8 Å². The number of fused-ring (bicyclic) bond motifs is 1. The molecule has 1 aromatic heterocycles. The van der Waals surface area contributed by atoms with Gasteiger partial charge in [-0.25, -0.2) is 8.78 Å². The number of amides is 1. The van der Waals surface area contributed by atoms with Crippen LogP contribution in [0, 0.1) is 11.6 Å². The zero-order valence-electron chi connectivity index (χ0n) is 38.4. The standard InChI is InChI=1S/C40H38F5N3O3S/c1-51-22-21-46-19-17-32(18-20-46)47(24-27-9-11-28(12-10-27)29-13-15-31(16-14-29)40(43,44)45)37(50)25-48-35-8-3-2-6-33(35)36(49)23-38(48)52-26-30-5-4-7-34(41)39(30)42/h2-16,23,32H,17-22,24-26H2,1H3/i17D2,18D2,19D2,20D2,26D2,32D. The molecule has 5 aromatic rings. The number of hydrogen-bond donors (Lipinski definition) is 0. The van der Waals surface area contributed by atoms with Gasteiger partial charge in [0.1, 0.15) is 6.54 Å². The number of likely N-dealkylation sites (tertiary alicyclic amines) is 1. The summed E-state index contributed by atoms with van der Waals surface area (Å²) in [4.78, 5) is 29.1. The van der Waals surface area contributed by atoms with Gasteiger partial charge < -0.3 is 19.1 Å². The number of aromatic nitrogens is 1. The number of nitrogens with zero attached hydrogens (tertiary/aromatic N) is 3. The first kappa shape index (κ1) is 25.5. The van der Waals surface area contributed by atoms with Crippen molar-refractivity contribution in [2.24, 2.45) is 0 Å². The number of para-hydroxylation sites is 1. The third-order valence-corrected chi connectivity index (χ3v) is 8.91. The summed E-state index contributed by atoms with van der Waals surface area (Å²) in [7, 11) is 1.20. The van der Waals surface area contributed by atoms with Crippen LogP contribution in [0.3, 0.4) is 0 Å². The zero-order valence-corrected chi connectivity index (χ0v) is 28.2. The molecule has 1 aliphatic rings. The minimum absolute atomic E-state index is 0.0251. The Hall–Kier alpha value is -4.52. The van der Waals surface area contributed by atoms with Crippen molar-refractivity contribution >= 4 is 28.6 Å². The fourth-order valence-electron chi connectivity index (χ4n) is 5.32. The van der Waals surface area contributed by atoms with E-state index in [2.05, 4.69) is 0 Å². The van der Waals surface area contributed by atoms with Gasteiger partial charge in [0, 0.05) is 75.6 Å². The number of hydrogen-bond acceptors (Lipinski definition) is 5. The fraction of sp³-hybridized carbons (Fsp3) is 0.300. The summed E-state index contributed by atoms with van der Waals surface area (Å²) in [6, 6.07) is 15.3. The number of piperidine rings is 1. The van der Waals surface area contributed by atoms with Crippen molar-refractivity contribution < 1.29 is 46.6 Å². The fourth-order valence-corrected chi connectivity index (χ4v) is 6.13. The van der Waals surface area contributed by atoms with Crippen LogP contribution in [0.4, 0.5) is 22.0 Å². The Labute approximate surface area is 318 Å². The highest BCUT2D eigenvalue weighted by Gasteiger charge is 2.31. The van der Waals surface area contributed by atoms with Crippen LogP contribution in [0.25, 0.3) is 22.0 Å². The molecule has 52 heavy (non-hydrogen) atoms. The predicted molar refractivity (Wildman–Crippen MR) is 193 cm³/mol. The Morgan fingerprint density at radius 1 is 0.981 bits per heavy atom. The number of alkyl halides is 3. The van der Waals surface area contributed by atoms with E-state index in [9.17, 15) is 33.6 Å². The first-order valence-electron chi connectivity index (χ1n) is 21.2. The molecule has 0 spiro atoms. The second kappa shape index (κ2) is 16.4. The Morgan fingerprint density at radius 2 is 1.65 bits per heavy atom. The molecule has 0 N–H and O–H groups in total. The lowest BCUT2D eigenvalue weighted by Crippen LogP contribution is -2.48. The maximum absolute atomic E-state index is 15.1. The van der Waals surface area contributed by atoms with E-state index in [0.29, 0.717) is 16.0 Å². The Morgan fingerprint density at radius 3 is 2.33 bits per heavy atom. The molecule has 0 bridgehead atoms.